The minimum Gasteiger partial charge on any atom is -0.376 e. The van der Waals surface area contributed by atoms with Gasteiger partial charge in [-0.1, -0.05) is 12.1 Å². The van der Waals surface area contributed by atoms with Gasteiger partial charge in [-0.2, -0.15) is 31.3 Å². The number of piperazine rings is 1. The monoisotopic (exact) mass is 650 g/mol. The van der Waals surface area contributed by atoms with Crippen molar-refractivity contribution in [2.45, 2.75) is 89.6 Å². The molecular weight excluding hydrogens is 614 g/mol. The van der Waals surface area contributed by atoms with E-state index in [9.17, 15) is 26.3 Å². The maximum atomic E-state index is 13.5. The summed E-state index contributed by atoms with van der Waals surface area (Å²) in [5.41, 5.74) is 1.33. The summed E-state index contributed by atoms with van der Waals surface area (Å²) in [5, 5.41) is 8.35. The van der Waals surface area contributed by atoms with Crippen LogP contribution < -0.4 is 4.90 Å². The fraction of sp³-hybridized carbons (Fsp3) is 0.613. The number of aryl methyl sites for hydroxylation is 1. The molecule has 0 spiro atoms. The maximum absolute atomic E-state index is 13.5. The van der Waals surface area contributed by atoms with Crippen molar-refractivity contribution < 1.29 is 31.1 Å². The minimum atomic E-state index is -4.50. The lowest BCUT2D eigenvalue weighted by Gasteiger charge is -2.52. The van der Waals surface area contributed by atoms with Crippen molar-refractivity contribution in [2.75, 3.05) is 24.6 Å². The average molecular weight is 651 g/mol. The molecule has 4 aromatic rings. The Hall–Kier alpha value is -3.46. The Balaban J connectivity index is 1.21. The van der Waals surface area contributed by atoms with Crippen LogP contribution in [0.2, 0.25) is 0 Å². The standard InChI is InChI=1S/C31H36F6N8O/c1-17-14-43(27-25-28(45-16-38-41-29(45)40-27)44(19(3)39-25)15-24-5-4-10-46-24)18(2)13-42(17)26(21-11-23(12-21)31(35,36)37)20-6-8-22(9-7-20)30(32,33)34/h6-9,16-18,21,23-24,26H,4-5,10-15H2,1-3H3/t17-,18+,21?,23?,24?,26?/m1/s1. The Morgan fingerprint density at radius 3 is 2.37 bits per heavy atom. The Kier molecular flexibility index (Phi) is 7.69. The van der Waals surface area contributed by atoms with Crippen molar-refractivity contribution in [2.24, 2.45) is 11.8 Å². The SMILES string of the molecule is Cc1nc2c(N3C[C@@H](C)N(C(c4ccc(C(F)(F)F)cc4)C4CC(C(F)(F)F)C4)C[C@@H]3C)nc3nncn3c2n1CC1CCCO1. The lowest BCUT2D eigenvalue weighted by atomic mass is 9.68. The molecular formula is C31H36F6N8O. The van der Waals surface area contributed by atoms with Gasteiger partial charge in [0.25, 0.3) is 5.78 Å². The van der Waals surface area contributed by atoms with E-state index in [1.165, 1.54) is 12.1 Å². The fourth-order valence-electron chi connectivity index (χ4n) is 7.59. The largest absolute Gasteiger partial charge is 0.416 e. The summed E-state index contributed by atoms with van der Waals surface area (Å²) in [6.45, 7) is 8.29. The zero-order valence-corrected chi connectivity index (χ0v) is 25.8. The molecule has 3 aliphatic rings. The molecule has 0 N–H and O–H groups in total. The van der Waals surface area contributed by atoms with Gasteiger partial charge < -0.3 is 14.2 Å². The molecule has 9 nitrogen and oxygen atoms in total. The van der Waals surface area contributed by atoms with Crippen LogP contribution in [-0.2, 0) is 17.5 Å². The van der Waals surface area contributed by atoms with E-state index in [1.54, 1.807) is 6.33 Å². The molecule has 1 saturated carbocycles. The molecule has 46 heavy (non-hydrogen) atoms. The molecule has 1 aromatic carbocycles. The first-order valence-electron chi connectivity index (χ1n) is 15.7. The number of rotatable bonds is 6. The van der Waals surface area contributed by atoms with Crippen LogP contribution in [0.15, 0.2) is 30.6 Å². The molecule has 1 aliphatic carbocycles. The highest BCUT2D eigenvalue weighted by Gasteiger charge is 2.52. The van der Waals surface area contributed by atoms with Gasteiger partial charge in [0.05, 0.1) is 24.1 Å². The third kappa shape index (κ3) is 5.48. The predicted molar refractivity (Wildman–Crippen MR) is 157 cm³/mol. The molecule has 3 fully saturated rings. The summed E-state index contributed by atoms with van der Waals surface area (Å²) < 4.78 is 90.5. The molecule has 0 radical (unpaired) electrons. The van der Waals surface area contributed by atoms with Gasteiger partial charge in [-0.15, -0.1) is 10.2 Å². The number of nitrogens with zero attached hydrogens (tertiary/aromatic N) is 8. The number of hydrogen-bond acceptors (Lipinski definition) is 7. The number of anilines is 1. The summed E-state index contributed by atoms with van der Waals surface area (Å²) in [4.78, 5) is 14.1. The predicted octanol–water partition coefficient (Wildman–Crippen LogP) is 6.21. The van der Waals surface area contributed by atoms with E-state index in [4.69, 9.17) is 14.7 Å². The first-order chi connectivity index (χ1) is 21.8. The van der Waals surface area contributed by atoms with Crippen molar-refractivity contribution in [1.29, 1.82) is 0 Å². The van der Waals surface area contributed by atoms with E-state index in [1.807, 2.05) is 25.2 Å². The van der Waals surface area contributed by atoms with Crippen LogP contribution in [0.1, 0.15) is 62.5 Å². The topological polar surface area (TPSA) is 76.6 Å². The van der Waals surface area contributed by atoms with Gasteiger partial charge in [-0.25, -0.2) is 9.38 Å². The van der Waals surface area contributed by atoms with Gasteiger partial charge in [0.15, 0.2) is 11.5 Å². The van der Waals surface area contributed by atoms with Crippen LogP contribution in [0, 0.1) is 18.8 Å². The van der Waals surface area contributed by atoms with Crippen molar-refractivity contribution in [3.8, 4) is 0 Å². The Bertz CT molecular complexity index is 1700. The summed E-state index contributed by atoms with van der Waals surface area (Å²) in [6.07, 6.45) is -5.23. The fourth-order valence-corrected chi connectivity index (χ4v) is 7.59. The molecule has 5 heterocycles. The highest BCUT2D eigenvalue weighted by molar-refractivity contribution is 5.87. The number of fused-ring (bicyclic) bond motifs is 3. The summed E-state index contributed by atoms with van der Waals surface area (Å²) in [6, 6.07) is 4.14. The maximum Gasteiger partial charge on any atom is 0.416 e. The number of hydrogen-bond donors (Lipinski definition) is 0. The second kappa shape index (κ2) is 11.4. The smallest absolute Gasteiger partial charge is 0.376 e. The van der Waals surface area contributed by atoms with Crippen LogP contribution in [0.3, 0.4) is 0 Å². The zero-order valence-electron chi connectivity index (χ0n) is 25.8. The van der Waals surface area contributed by atoms with E-state index >= 15 is 0 Å². The molecule has 248 valence electrons. The lowest BCUT2D eigenvalue weighted by molar-refractivity contribution is -0.211. The second-order valence-corrected chi connectivity index (χ2v) is 13.1. The summed E-state index contributed by atoms with van der Waals surface area (Å²) >= 11 is 0. The number of alkyl halides is 6. The Labute approximate surface area is 261 Å². The van der Waals surface area contributed by atoms with Crippen LogP contribution in [0.25, 0.3) is 16.9 Å². The molecule has 0 bridgehead atoms. The van der Waals surface area contributed by atoms with E-state index < -0.39 is 29.9 Å². The highest BCUT2D eigenvalue weighted by Crippen LogP contribution is 2.52. The van der Waals surface area contributed by atoms with Gasteiger partial charge in [-0.05, 0) is 70.1 Å². The summed E-state index contributed by atoms with van der Waals surface area (Å²) in [7, 11) is 0. The Morgan fingerprint density at radius 2 is 1.72 bits per heavy atom. The molecule has 0 amide bonds. The minimum absolute atomic E-state index is 0.0519. The average Bonchev–Trinajstić information content (AvgIpc) is 3.71. The van der Waals surface area contributed by atoms with Crippen LogP contribution >= 0.6 is 0 Å². The number of aromatic nitrogens is 6. The van der Waals surface area contributed by atoms with Crippen molar-refractivity contribution in [3.05, 3.63) is 47.5 Å². The van der Waals surface area contributed by atoms with Crippen LogP contribution in [-0.4, -0.2) is 78.1 Å². The first-order valence-corrected chi connectivity index (χ1v) is 15.7. The van der Waals surface area contributed by atoms with E-state index in [0.29, 0.717) is 42.3 Å². The Morgan fingerprint density at radius 1 is 0.978 bits per heavy atom. The normalized spacial score (nSPS) is 27.1. The van der Waals surface area contributed by atoms with Gasteiger partial charge in [0.1, 0.15) is 17.7 Å². The summed E-state index contributed by atoms with van der Waals surface area (Å²) in [5.74, 6) is 0.145. The second-order valence-electron chi connectivity index (χ2n) is 13.1. The number of benzene rings is 1. The van der Waals surface area contributed by atoms with Crippen molar-refractivity contribution in [1.82, 2.24) is 34.0 Å². The molecule has 7 rings (SSSR count). The molecule has 15 heteroatoms. The van der Waals surface area contributed by atoms with Crippen LogP contribution in [0.4, 0.5) is 32.2 Å². The lowest BCUT2D eigenvalue weighted by Crippen LogP contribution is -2.59. The van der Waals surface area contributed by atoms with Crippen LogP contribution in [0.5, 0.6) is 0 Å². The van der Waals surface area contributed by atoms with Gasteiger partial charge in [0.2, 0.25) is 0 Å². The molecule has 2 saturated heterocycles. The first kappa shape index (κ1) is 31.2. The van der Waals surface area contributed by atoms with E-state index in [2.05, 4.69) is 24.6 Å². The molecule has 4 atom stereocenters. The van der Waals surface area contributed by atoms with E-state index in [-0.39, 0.29) is 36.9 Å². The molecule has 2 unspecified atom stereocenters. The quantitative estimate of drug-likeness (QED) is 0.230. The van der Waals surface area contributed by atoms with Gasteiger partial charge in [0, 0.05) is 37.8 Å². The number of halogens is 6. The van der Waals surface area contributed by atoms with Crippen molar-refractivity contribution in [3.63, 3.8) is 0 Å². The number of imidazole rings is 1. The van der Waals surface area contributed by atoms with Crippen molar-refractivity contribution >= 4 is 22.8 Å². The number of ether oxygens (including phenoxy) is 1. The third-order valence-electron chi connectivity index (χ3n) is 10.0. The van der Waals surface area contributed by atoms with Gasteiger partial charge in [-0.3, -0.25) is 4.90 Å². The molecule has 2 aliphatic heterocycles. The van der Waals surface area contributed by atoms with E-state index in [0.717, 1.165) is 43.1 Å². The zero-order chi connectivity index (χ0) is 32.5. The van der Waals surface area contributed by atoms with Gasteiger partial charge >= 0.3 is 12.4 Å². The highest BCUT2D eigenvalue weighted by atomic mass is 19.4. The molecule has 3 aromatic heterocycles. The third-order valence-corrected chi connectivity index (χ3v) is 10.0.